The van der Waals surface area contributed by atoms with Crippen molar-refractivity contribution in [2.24, 2.45) is 0 Å². The highest BCUT2D eigenvalue weighted by Crippen LogP contribution is 2.32. The molecule has 1 heterocycles. The molecule has 1 aliphatic rings. The van der Waals surface area contributed by atoms with Crippen molar-refractivity contribution < 1.29 is 0 Å². The highest BCUT2D eigenvalue weighted by molar-refractivity contribution is 6.36. The summed E-state index contributed by atoms with van der Waals surface area (Å²) < 4.78 is 0. The third-order valence-electron chi connectivity index (χ3n) is 3.12. The summed E-state index contributed by atoms with van der Waals surface area (Å²) in [5, 5.41) is 1.69. The molecule has 0 atom stereocenters. The standard InChI is InChI=1S/C12H10Cl2N2/c13-11-10-8-4-2-1-3-7(8)5-6-9(10)15-12(14)16-11/h5-6H,1-4H2. The summed E-state index contributed by atoms with van der Waals surface area (Å²) in [6.07, 6.45) is 4.66. The molecule has 3 rings (SSSR count). The molecule has 1 aromatic heterocycles. The second-order valence-corrected chi connectivity index (χ2v) is 4.78. The molecule has 0 amide bonds. The van der Waals surface area contributed by atoms with E-state index in [0.29, 0.717) is 5.15 Å². The summed E-state index contributed by atoms with van der Waals surface area (Å²) in [6.45, 7) is 0. The van der Waals surface area contributed by atoms with Gasteiger partial charge in [-0.2, -0.15) is 0 Å². The van der Waals surface area contributed by atoms with Crippen molar-refractivity contribution in [3.05, 3.63) is 33.7 Å². The highest BCUT2D eigenvalue weighted by Gasteiger charge is 2.16. The number of hydrogen-bond donors (Lipinski definition) is 0. The molecule has 1 aliphatic carbocycles. The monoisotopic (exact) mass is 252 g/mol. The van der Waals surface area contributed by atoms with Gasteiger partial charge in [0.2, 0.25) is 5.28 Å². The lowest BCUT2D eigenvalue weighted by atomic mass is 9.89. The van der Waals surface area contributed by atoms with Crippen LogP contribution in [0.15, 0.2) is 12.1 Å². The Bertz CT molecular complexity index is 566. The molecular weight excluding hydrogens is 243 g/mol. The van der Waals surface area contributed by atoms with Gasteiger partial charge in [-0.1, -0.05) is 17.7 Å². The second kappa shape index (κ2) is 3.86. The van der Waals surface area contributed by atoms with Gasteiger partial charge >= 0.3 is 0 Å². The van der Waals surface area contributed by atoms with E-state index in [0.717, 1.165) is 23.7 Å². The number of hydrogen-bond acceptors (Lipinski definition) is 2. The molecule has 0 bridgehead atoms. The van der Waals surface area contributed by atoms with Gasteiger partial charge in [0, 0.05) is 5.39 Å². The van der Waals surface area contributed by atoms with Crippen LogP contribution in [0.2, 0.25) is 10.4 Å². The Hall–Kier alpha value is -0.860. The number of rotatable bonds is 0. The molecule has 0 aliphatic heterocycles. The molecule has 0 unspecified atom stereocenters. The van der Waals surface area contributed by atoms with E-state index in [1.54, 1.807) is 0 Å². The fourth-order valence-corrected chi connectivity index (χ4v) is 2.91. The first-order valence-electron chi connectivity index (χ1n) is 5.39. The van der Waals surface area contributed by atoms with E-state index >= 15 is 0 Å². The van der Waals surface area contributed by atoms with Crippen molar-refractivity contribution in [2.45, 2.75) is 25.7 Å². The first kappa shape index (κ1) is 10.3. The zero-order chi connectivity index (χ0) is 11.1. The molecule has 1 aromatic carbocycles. The van der Waals surface area contributed by atoms with Gasteiger partial charge in [0.15, 0.2) is 0 Å². The van der Waals surface area contributed by atoms with Gasteiger partial charge in [0.05, 0.1) is 5.52 Å². The normalized spacial score (nSPS) is 15.1. The average molecular weight is 253 g/mol. The van der Waals surface area contributed by atoms with Crippen LogP contribution < -0.4 is 0 Å². The van der Waals surface area contributed by atoms with Crippen molar-refractivity contribution >= 4 is 34.1 Å². The number of benzene rings is 1. The van der Waals surface area contributed by atoms with Gasteiger partial charge in [0.1, 0.15) is 5.15 Å². The van der Waals surface area contributed by atoms with Gasteiger partial charge in [-0.15, -0.1) is 0 Å². The summed E-state index contributed by atoms with van der Waals surface area (Å²) in [7, 11) is 0. The first-order chi connectivity index (χ1) is 7.75. The van der Waals surface area contributed by atoms with E-state index in [1.807, 2.05) is 6.07 Å². The number of halogens is 2. The van der Waals surface area contributed by atoms with Crippen molar-refractivity contribution in [1.82, 2.24) is 9.97 Å². The van der Waals surface area contributed by atoms with Gasteiger partial charge in [-0.25, -0.2) is 9.97 Å². The molecule has 0 saturated heterocycles. The Labute approximate surface area is 104 Å². The van der Waals surface area contributed by atoms with Crippen LogP contribution in [0.25, 0.3) is 10.9 Å². The third-order valence-corrected chi connectivity index (χ3v) is 3.56. The minimum absolute atomic E-state index is 0.216. The van der Waals surface area contributed by atoms with Crippen molar-refractivity contribution in [2.75, 3.05) is 0 Å². The first-order valence-corrected chi connectivity index (χ1v) is 6.15. The minimum Gasteiger partial charge on any atom is -0.218 e. The summed E-state index contributed by atoms with van der Waals surface area (Å²) in [5.74, 6) is 0. The molecule has 0 saturated carbocycles. The molecular formula is C12H10Cl2N2. The lowest BCUT2D eigenvalue weighted by molar-refractivity contribution is 0.689. The lowest BCUT2D eigenvalue weighted by Crippen LogP contribution is -2.04. The molecule has 0 N–H and O–H groups in total. The Kier molecular flexibility index (Phi) is 2.49. The Morgan fingerprint density at radius 1 is 1.00 bits per heavy atom. The maximum Gasteiger partial charge on any atom is 0.224 e. The van der Waals surface area contributed by atoms with Crippen LogP contribution >= 0.6 is 23.2 Å². The average Bonchev–Trinajstić information content (AvgIpc) is 2.28. The SMILES string of the molecule is Clc1nc(Cl)c2c3c(ccc2n1)CCCC3. The number of aryl methyl sites for hydroxylation is 2. The van der Waals surface area contributed by atoms with Crippen LogP contribution in [0, 0.1) is 0 Å². The lowest BCUT2D eigenvalue weighted by Gasteiger charge is -2.17. The quantitative estimate of drug-likeness (QED) is 0.527. The number of aromatic nitrogens is 2. The second-order valence-electron chi connectivity index (χ2n) is 4.09. The largest absolute Gasteiger partial charge is 0.224 e. The van der Waals surface area contributed by atoms with E-state index in [1.165, 1.54) is 24.0 Å². The molecule has 16 heavy (non-hydrogen) atoms. The van der Waals surface area contributed by atoms with Crippen LogP contribution in [0.3, 0.4) is 0 Å². The van der Waals surface area contributed by atoms with E-state index in [9.17, 15) is 0 Å². The van der Waals surface area contributed by atoms with Gasteiger partial charge in [0.25, 0.3) is 0 Å². The molecule has 2 aromatic rings. The highest BCUT2D eigenvalue weighted by atomic mass is 35.5. The molecule has 0 fully saturated rings. The summed E-state index contributed by atoms with van der Waals surface area (Å²) in [4.78, 5) is 8.24. The van der Waals surface area contributed by atoms with Crippen molar-refractivity contribution in [3.8, 4) is 0 Å². The van der Waals surface area contributed by atoms with Gasteiger partial charge in [-0.05, 0) is 54.5 Å². The topological polar surface area (TPSA) is 25.8 Å². The third kappa shape index (κ3) is 1.57. The van der Waals surface area contributed by atoms with Gasteiger partial charge in [-0.3, -0.25) is 0 Å². The number of nitrogens with zero attached hydrogens (tertiary/aromatic N) is 2. The van der Waals surface area contributed by atoms with Crippen molar-refractivity contribution in [1.29, 1.82) is 0 Å². The van der Waals surface area contributed by atoms with E-state index in [4.69, 9.17) is 23.2 Å². The van der Waals surface area contributed by atoms with Crippen LogP contribution in [0.4, 0.5) is 0 Å². The predicted molar refractivity (Wildman–Crippen MR) is 66.2 cm³/mol. The van der Waals surface area contributed by atoms with Crippen LogP contribution in [0.1, 0.15) is 24.0 Å². The molecule has 2 nitrogen and oxygen atoms in total. The van der Waals surface area contributed by atoms with E-state index < -0.39 is 0 Å². The summed E-state index contributed by atoms with van der Waals surface area (Å²) in [5.41, 5.74) is 3.54. The summed E-state index contributed by atoms with van der Waals surface area (Å²) >= 11 is 12.0. The van der Waals surface area contributed by atoms with Crippen molar-refractivity contribution in [3.63, 3.8) is 0 Å². The number of fused-ring (bicyclic) bond motifs is 3. The fraction of sp³-hybridized carbons (Fsp3) is 0.333. The molecule has 4 heteroatoms. The van der Waals surface area contributed by atoms with E-state index in [-0.39, 0.29) is 5.28 Å². The Morgan fingerprint density at radius 2 is 1.81 bits per heavy atom. The smallest absolute Gasteiger partial charge is 0.218 e. The van der Waals surface area contributed by atoms with E-state index in [2.05, 4.69) is 16.0 Å². The molecule has 82 valence electrons. The minimum atomic E-state index is 0.216. The van der Waals surface area contributed by atoms with Crippen LogP contribution in [-0.4, -0.2) is 9.97 Å². The molecule has 0 radical (unpaired) electrons. The fourth-order valence-electron chi connectivity index (χ4n) is 2.40. The maximum atomic E-state index is 6.16. The Morgan fingerprint density at radius 3 is 2.69 bits per heavy atom. The zero-order valence-corrected chi connectivity index (χ0v) is 10.1. The predicted octanol–water partition coefficient (Wildman–Crippen LogP) is 3.82. The van der Waals surface area contributed by atoms with Crippen LogP contribution in [-0.2, 0) is 12.8 Å². The molecule has 0 spiro atoms. The summed E-state index contributed by atoms with van der Waals surface area (Å²) in [6, 6.07) is 4.12. The Balaban J connectivity index is 2.38. The zero-order valence-electron chi connectivity index (χ0n) is 8.63. The maximum absolute atomic E-state index is 6.16. The van der Waals surface area contributed by atoms with Crippen LogP contribution in [0.5, 0.6) is 0 Å². The van der Waals surface area contributed by atoms with Gasteiger partial charge < -0.3 is 0 Å².